The summed E-state index contributed by atoms with van der Waals surface area (Å²) in [4.78, 5) is 12.1. The minimum Gasteiger partial charge on any atom is -0.492 e. The van der Waals surface area contributed by atoms with Crippen LogP contribution < -0.4 is 4.74 Å². The summed E-state index contributed by atoms with van der Waals surface area (Å²) < 4.78 is 5.88. The van der Waals surface area contributed by atoms with Crippen molar-refractivity contribution in [3.8, 4) is 5.75 Å². The van der Waals surface area contributed by atoms with Crippen LogP contribution in [0.5, 0.6) is 5.75 Å². The number of carbonyl (C=O) groups is 1. The molecule has 2 nitrogen and oxygen atoms in total. The van der Waals surface area contributed by atoms with Crippen LogP contribution in [0, 0.1) is 0 Å². The van der Waals surface area contributed by atoms with Crippen LogP contribution in [0.1, 0.15) is 23.1 Å². The summed E-state index contributed by atoms with van der Waals surface area (Å²) in [6.07, 6.45) is 1.10. The van der Waals surface area contributed by atoms with Crippen LogP contribution in [0.15, 0.2) is 48.5 Å². The van der Waals surface area contributed by atoms with Gasteiger partial charge in [-0.25, -0.2) is 0 Å². The molecule has 2 aromatic carbocycles. The quantitative estimate of drug-likeness (QED) is 0.778. The zero-order valence-electron chi connectivity index (χ0n) is 10.6. The molecule has 2 aromatic rings. The van der Waals surface area contributed by atoms with E-state index in [4.69, 9.17) is 4.74 Å². The molecule has 0 unspecified atom stereocenters. The molecular weight excluding hydrogens is 236 g/mol. The highest BCUT2D eigenvalue weighted by Crippen LogP contribution is 2.50. The van der Waals surface area contributed by atoms with Gasteiger partial charge in [0.15, 0.2) is 0 Å². The Bertz CT molecular complexity index is 660. The van der Waals surface area contributed by atoms with Gasteiger partial charge in [0.1, 0.15) is 18.1 Å². The lowest BCUT2D eigenvalue weighted by molar-refractivity contribution is -0.120. The molecule has 0 bridgehead atoms. The van der Waals surface area contributed by atoms with Gasteiger partial charge in [-0.2, -0.15) is 0 Å². The minimum absolute atomic E-state index is 0.261. The number of carbonyl (C=O) groups excluding carboxylic acids is 1. The van der Waals surface area contributed by atoms with E-state index in [-0.39, 0.29) is 5.41 Å². The number of Topliss-reactive ketones (excluding diaryl/α,β-unsaturated/α-hetero) is 1. The molecule has 1 heterocycles. The maximum atomic E-state index is 12.1. The van der Waals surface area contributed by atoms with Crippen molar-refractivity contribution in [2.75, 3.05) is 6.61 Å². The van der Waals surface area contributed by atoms with Gasteiger partial charge in [-0.3, -0.25) is 4.79 Å². The zero-order chi connectivity index (χ0) is 12.9. The van der Waals surface area contributed by atoms with Crippen LogP contribution in [-0.4, -0.2) is 12.4 Å². The molecule has 1 aliphatic carbocycles. The van der Waals surface area contributed by atoms with Gasteiger partial charge in [-0.05, 0) is 17.2 Å². The zero-order valence-corrected chi connectivity index (χ0v) is 10.6. The number of hydrogen-bond donors (Lipinski definition) is 0. The van der Waals surface area contributed by atoms with Crippen molar-refractivity contribution < 1.29 is 9.53 Å². The monoisotopic (exact) mass is 250 g/mol. The van der Waals surface area contributed by atoms with E-state index < -0.39 is 0 Å². The van der Waals surface area contributed by atoms with Gasteiger partial charge in [-0.1, -0.05) is 42.5 Å². The van der Waals surface area contributed by atoms with Gasteiger partial charge in [0.25, 0.3) is 0 Å². The highest BCUT2D eigenvalue weighted by molar-refractivity contribution is 5.87. The molecule has 4 rings (SSSR count). The molecule has 1 atom stereocenters. The lowest BCUT2D eigenvalue weighted by atomic mass is 9.67. The second-order valence-electron chi connectivity index (χ2n) is 5.42. The molecule has 0 aromatic heterocycles. The Morgan fingerprint density at radius 2 is 1.84 bits per heavy atom. The molecule has 0 saturated carbocycles. The van der Waals surface area contributed by atoms with E-state index in [2.05, 4.69) is 18.2 Å². The highest BCUT2D eigenvalue weighted by atomic mass is 16.5. The summed E-state index contributed by atoms with van der Waals surface area (Å²) in [5.74, 6) is 1.26. The Kier molecular flexibility index (Phi) is 2.10. The Labute approximate surface area is 112 Å². The fraction of sp³-hybridized carbons (Fsp3) is 0.235. The smallest absolute Gasteiger partial charge is 0.138 e. The van der Waals surface area contributed by atoms with Crippen molar-refractivity contribution in [1.29, 1.82) is 0 Å². The van der Waals surface area contributed by atoms with Crippen LogP contribution in [-0.2, 0) is 16.6 Å². The third-order valence-corrected chi connectivity index (χ3v) is 4.28. The molecule has 1 aliphatic heterocycles. The molecule has 0 radical (unpaired) electrons. The first-order chi connectivity index (χ1) is 9.29. The predicted molar refractivity (Wildman–Crippen MR) is 72.5 cm³/mol. The van der Waals surface area contributed by atoms with E-state index in [0.717, 1.165) is 11.3 Å². The maximum Gasteiger partial charge on any atom is 0.138 e. The molecule has 0 spiro atoms. The Hall–Kier alpha value is -2.09. The number of ketones is 1. The molecule has 0 saturated heterocycles. The third-order valence-electron chi connectivity index (χ3n) is 4.28. The SMILES string of the molecule is O=C1Cc2cccc3c2[C@](c2ccccc2)(CO3)C1. The second-order valence-corrected chi connectivity index (χ2v) is 5.42. The minimum atomic E-state index is -0.261. The van der Waals surface area contributed by atoms with Gasteiger partial charge >= 0.3 is 0 Å². The summed E-state index contributed by atoms with van der Waals surface area (Å²) in [5.41, 5.74) is 3.30. The van der Waals surface area contributed by atoms with Crippen LogP contribution in [0.3, 0.4) is 0 Å². The first-order valence-corrected chi connectivity index (χ1v) is 6.62. The van der Waals surface area contributed by atoms with Crippen molar-refractivity contribution >= 4 is 5.78 Å². The Morgan fingerprint density at radius 1 is 1.00 bits per heavy atom. The van der Waals surface area contributed by atoms with Crippen molar-refractivity contribution in [2.45, 2.75) is 18.3 Å². The van der Waals surface area contributed by atoms with E-state index in [9.17, 15) is 4.79 Å². The van der Waals surface area contributed by atoms with E-state index in [1.165, 1.54) is 11.1 Å². The van der Waals surface area contributed by atoms with Crippen molar-refractivity contribution in [1.82, 2.24) is 0 Å². The summed E-state index contributed by atoms with van der Waals surface area (Å²) >= 11 is 0. The van der Waals surface area contributed by atoms with Gasteiger partial charge in [-0.15, -0.1) is 0 Å². The van der Waals surface area contributed by atoms with Crippen LogP contribution in [0.4, 0.5) is 0 Å². The number of benzene rings is 2. The van der Waals surface area contributed by atoms with Crippen LogP contribution in [0.25, 0.3) is 0 Å². The van der Waals surface area contributed by atoms with Crippen molar-refractivity contribution in [3.05, 3.63) is 65.2 Å². The average molecular weight is 250 g/mol. The standard InChI is InChI=1S/C17H14O2/c18-14-9-12-5-4-8-15-16(12)17(10-14,11-19-15)13-6-2-1-3-7-13/h1-8H,9-11H2/t17-/m0/s1. The molecule has 2 heteroatoms. The van der Waals surface area contributed by atoms with Crippen molar-refractivity contribution in [2.24, 2.45) is 0 Å². The normalized spacial score (nSPS) is 23.9. The lowest BCUT2D eigenvalue weighted by Gasteiger charge is -2.33. The molecule has 2 aliphatic rings. The van der Waals surface area contributed by atoms with E-state index >= 15 is 0 Å². The van der Waals surface area contributed by atoms with E-state index in [0.29, 0.717) is 25.2 Å². The number of hydrogen-bond acceptors (Lipinski definition) is 2. The van der Waals surface area contributed by atoms with Crippen molar-refractivity contribution in [3.63, 3.8) is 0 Å². The summed E-state index contributed by atoms with van der Waals surface area (Å²) in [5, 5.41) is 0. The number of ether oxygens (including phenoxy) is 1. The lowest BCUT2D eigenvalue weighted by Crippen LogP contribution is -2.37. The molecule has 0 N–H and O–H groups in total. The highest BCUT2D eigenvalue weighted by Gasteiger charge is 2.47. The largest absolute Gasteiger partial charge is 0.492 e. The van der Waals surface area contributed by atoms with Gasteiger partial charge < -0.3 is 4.74 Å². The fourth-order valence-corrected chi connectivity index (χ4v) is 3.50. The second kappa shape index (κ2) is 3.70. The first kappa shape index (κ1) is 10.8. The first-order valence-electron chi connectivity index (χ1n) is 6.62. The average Bonchev–Trinajstić information content (AvgIpc) is 2.82. The Morgan fingerprint density at radius 3 is 2.68 bits per heavy atom. The fourth-order valence-electron chi connectivity index (χ4n) is 3.50. The van der Waals surface area contributed by atoms with Crippen LogP contribution >= 0.6 is 0 Å². The molecule has 0 fully saturated rings. The van der Waals surface area contributed by atoms with Gasteiger partial charge in [0.05, 0.1) is 5.41 Å². The Balaban J connectivity index is 2.01. The third kappa shape index (κ3) is 1.40. The summed E-state index contributed by atoms with van der Waals surface area (Å²) in [6.45, 7) is 0.578. The number of rotatable bonds is 1. The molecule has 19 heavy (non-hydrogen) atoms. The molecular formula is C17H14O2. The van der Waals surface area contributed by atoms with Crippen LogP contribution in [0.2, 0.25) is 0 Å². The van der Waals surface area contributed by atoms with Gasteiger partial charge in [0, 0.05) is 18.4 Å². The van der Waals surface area contributed by atoms with Gasteiger partial charge in [0.2, 0.25) is 0 Å². The topological polar surface area (TPSA) is 26.3 Å². The predicted octanol–water partition coefficient (Wildman–Crippen LogP) is 2.88. The van der Waals surface area contributed by atoms with E-state index in [1.54, 1.807) is 0 Å². The molecule has 0 amide bonds. The maximum absolute atomic E-state index is 12.1. The molecule has 94 valence electrons. The van der Waals surface area contributed by atoms with E-state index in [1.807, 2.05) is 30.3 Å². The summed E-state index contributed by atoms with van der Waals surface area (Å²) in [7, 11) is 0. The summed E-state index contributed by atoms with van der Waals surface area (Å²) in [6, 6.07) is 16.3.